The van der Waals surface area contributed by atoms with E-state index in [1.165, 1.54) is 18.3 Å². The van der Waals surface area contributed by atoms with E-state index in [1.807, 2.05) is 0 Å². The van der Waals surface area contributed by atoms with Crippen LogP contribution in [0, 0.1) is 0 Å². The Kier molecular flexibility index (Phi) is 5.00. The van der Waals surface area contributed by atoms with Gasteiger partial charge in [-0.15, -0.1) is 0 Å². The van der Waals surface area contributed by atoms with Crippen molar-refractivity contribution in [1.82, 2.24) is 9.97 Å². The Labute approximate surface area is 161 Å². The third-order valence-electron chi connectivity index (χ3n) is 3.47. The van der Waals surface area contributed by atoms with Gasteiger partial charge in [-0.3, -0.25) is 9.29 Å². The number of aromatic nitrogens is 2. The lowest BCUT2D eigenvalue weighted by Crippen LogP contribution is -2.39. The first-order valence-corrected chi connectivity index (χ1v) is 9.43. The summed E-state index contributed by atoms with van der Waals surface area (Å²) in [5.74, 6) is -0.779. The number of anilines is 1. The van der Waals surface area contributed by atoms with Gasteiger partial charge in [-0.1, -0.05) is 34.8 Å². The van der Waals surface area contributed by atoms with E-state index in [0.29, 0.717) is 4.31 Å². The molecule has 0 saturated heterocycles. The predicted octanol–water partition coefficient (Wildman–Crippen LogP) is 4.24. The zero-order valence-corrected chi connectivity index (χ0v) is 15.6. The molecule has 26 heavy (non-hydrogen) atoms. The zero-order valence-electron chi connectivity index (χ0n) is 12.5. The second kappa shape index (κ2) is 6.80. The van der Waals surface area contributed by atoms with Gasteiger partial charge in [-0.2, -0.15) is 0 Å². The van der Waals surface area contributed by atoms with Gasteiger partial charge in [0.25, 0.3) is 16.4 Å². The highest BCUT2D eigenvalue weighted by molar-refractivity contribution is 8.02. The van der Waals surface area contributed by atoms with E-state index in [9.17, 15) is 22.3 Å². The van der Waals surface area contributed by atoms with Crippen LogP contribution in [0.1, 0.15) is 11.3 Å². The van der Waals surface area contributed by atoms with Crippen molar-refractivity contribution in [2.45, 2.75) is 6.43 Å². The Morgan fingerprint density at radius 3 is 2.58 bits per heavy atom. The van der Waals surface area contributed by atoms with E-state index in [2.05, 4.69) is 9.97 Å². The number of halogens is 5. The number of aliphatic hydroxyl groups excluding tert-OH is 1. The molecule has 0 radical (unpaired) electrons. The van der Waals surface area contributed by atoms with Crippen LogP contribution in [0.25, 0.3) is 10.7 Å². The molecule has 0 bridgehead atoms. The summed E-state index contributed by atoms with van der Waals surface area (Å²) in [6, 6.07) is 3.72. The van der Waals surface area contributed by atoms with Crippen molar-refractivity contribution in [3.05, 3.63) is 51.0 Å². The number of alkyl halides is 2. The van der Waals surface area contributed by atoms with Gasteiger partial charge in [0, 0.05) is 6.20 Å². The Balaban J connectivity index is 2.38. The molecule has 1 aliphatic rings. The van der Waals surface area contributed by atoms with Crippen molar-refractivity contribution in [2.75, 3.05) is 10.8 Å². The highest BCUT2D eigenvalue weighted by Gasteiger charge is 2.42. The molecule has 12 heteroatoms. The maximum Gasteiger partial charge on any atom is 0.269 e. The largest absolute Gasteiger partial charge is 0.504 e. The van der Waals surface area contributed by atoms with E-state index in [-0.39, 0.29) is 27.1 Å². The zero-order chi connectivity index (χ0) is 19.2. The summed E-state index contributed by atoms with van der Waals surface area (Å²) >= 11 is 17.7. The number of pyridine rings is 2. The predicted molar refractivity (Wildman–Crippen MR) is 95.2 cm³/mol. The van der Waals surface area contributed by atoms with Gasteiger partial charge < -0.3 is 5.11 Å². The summed E-state index contributed by atoms with van der Waals surface area (Å²) in [4.78, 5) is 6.81. The van der Waals surface area contributed by atoms with Gasteiger partial charge in [0.2, 0.25) is 0 Å². The molecule has 2 aromatic heterocycles. The smallest absolute Gasteiger partial charge is 0.269 e. The van der Waals surface area contributed by atoms with Gasteiger partial charge in [0.05, 0.1) is 22.8 Å². The van der Waals surface area contributed by atoms with Gasteiger partial charge in [0.1, 0.15) is 20.9 Å². The standard InChI is InChI=1S/C14H8Cl3F2N3O3S/c15-6-4-8(16)21-14(17)10(6)13-12(23)11-7(2-1-3-20-11)22(5-9(18)19)26(13,24)25/h1-4,9,23H,5H2. The maximum atomic E-state index is 13.0. The van der Waals surface area contributed by atoms with Crippen molar-refractivity contribution in [3.8, 4) is 0 Å². The molecule has 1 N–H and O–H groups in total. The van der Waals surface area contributed by atoms with Crippen LogP contribution in [-0.2, 0) is 10.0 Å². The molecular formula is C14H8Cl3F2N3O3S. The number of hydrogen-bond donors (Lipinski definition) is 1. The van der Waals surface area contributed by atoms with E-state index in [4.69, 9.17) is 34.8 Å². The van der Waals surface area contributed by atoms with Crippen molar-refractivity contribution in [3.63, 3.8) is 0 Å². The minimum Gasteiger partial charge on any atom is -0.504 e. The Morgan fingerprint density at radius 2 is 1.96 bits per heavy atom. The maximum absolute atomic E-state index is 13.0. The van der Waals surface area contributed by atoms with E-state index < -0.39 is 38.8 Å². The van der Waals surface area contributed by atoms with E-state index in [0.717, 1.165) is 6.07 Å². The van der Waals surface area contributed by atoms with E-state index in [1.54, 1.807) is 0 Å². The highest BCUT2D eigenvalue weighted by Crippen LogP contribution is 2.45. The molecule has 0 unspecified atom stereocenters. The lowest BCUT2D eigenvalue weighted by atomic mass is 10.1. The summed E-state index contributed by atoms with van der Waals surface area (Å²) in [6.07, 6.45) is -1.71. The summed E-state index contributed by atoms with van der Waals surface area (Å²) in [7, 11) is -4.64. The van der Waals surface area contributed by atoms with Crippen molar-refractivity contribution < 1.29 is 22.3 Å². The van der Waals surface area contributed by atoms with Crippen molar-refractivity contribution in [1.29, 1.82) is 0 Å². The first-order chi connectivity index (χ1) is 12.1. The molecule has 0 saturated carbocycles. The van der Waals surface area contributed by atoms with Crippen LogP contribution in [0.3, 0.4) is 0 Å². The fourth-order valence-electron chi connectivity index (χ4n) is 2.48. The Hall–Kier alpha value is -1.68. The second-order valence-corrected chi connectivity index (χ2v) is 8.02. The summed E-state index contributed by atoms with van der Waals surface area (Å²) in [5.41, 5.74) is -0.755. The molecule has 0 amide bonds. The monoisotopic (exact) mass is 441 g/mol. The van der Waals surface area contributed by atoms with Crippen LogP contribution in [0.5, 0.6) is 0 Å². The van der Waals surface area contributed by atoms with Crippen LogP contribution in [0.4, 0.5) is 14.5 Å². The molecule has 0 aliphatic carbocycles. The lowest BCUT2D eigenvalue weighted by Gasteiger charge is -2.31. The number of rotatable bonds is 3. The molecule has 1 aliphatic heterocycles. The number of sulfonamides is 1. The summed E-state index contributed by atoms with van der Waals surface area (Å²) in [6.45, 7) is -1.14. The molecule has 0 spiro atoms. The highest BCUT2D eigenvalue weighted by atomic mass is 35.5. The number of hydrogen-bond acceptors (Lipinski definition) is 5. The third-order valence-corrected chi connectivity index (χ3v) is 6.07. The van der Waals surface area contributed by atoms with Crippen LogP contribution in [0.15, 0.2) is 24.4 Å². The quantitative estimate of drug-likeness (QED) is 0.719. The number of aliphatic hydroxyl groups is 1. The Bertz CT molecular complexity index is 1010. The summed E-state index contributed by atoms with van der Waals surface area (Å²) in [5, 5.41) is 9.78. The van der Waals surface area contributed by atoms with Crippen LogP contribution in [0.2, 0.25) is 15.3 Å². The first-order valence-electron chi connectivity index (χ1n) is 6.86. The minimum atomic E-state index is -4.64. The van der Waals surface area contributed by atoms with Gasteiger partial charge in [-0.05, 0) is 18.2 Å². The number of fused-ring (bicyclic) bond motifs is 1. The molecule has 6 nitrogen and oxygen atoms in total. The molecule has 3 heterocycles. The van der Waals surface area contributed by atoms with E-state index >= 15 is 0 Å². The molecule has 3 rings (SSSR count). The fourth-order valence-corrected chi connectivity index (χ4v) is 5.25. The summed E-state index contributed by atoms with van der Waals surface area (Å²) < 4.78 is 52.4. The molecule has 138 valence electrons. The van der Waals surface area contributed by atoms with Crippen molar-refractivity contribution >= 4 is 61.2 Å². The van der Waals surface area contributed by atoms with Crippen LogP contribution in [-0.4, -0.2) is 36.5 Å². The molecule has 0 atom stereocenters. The average Bonchev–Trinajstić information content (AvgIpc) is 2.53. The minimum absolute atomic E-state index is 0.111. The van der Waals surface area contributed by atoms with Gasteiger partial charge >= 0.3 is 0 Å². The first kappa shape index (κ1) is 19.1. The SMILES string of the molecule is O=S1(=O)C(c2c(Cl)cc(Cl)nc2Cl)=C(O)c2ncccc2N1CC(F)F. The van der Waals surface area contributed by atoms with Gasteiger partial charge in [0.15, 0.2) is 5.76 Å². The molecular weight excluding hydrogens is 435 g/mol. The second-order valence-electron chi connectivity index (χ2n) is 5.07. The van der Waals surface area contributed by atoms with Crippen LogP contribution >= 0.6 is 34.8 Å². The molecule has 0 aromatic carbocycles. The normalized spacial score (nSPS) is 16.2. The van der Waals surface area contributed by atoms with Gasteiger partial charge in [-0.25, -0.2) is 22.2 Å². The average molecular weight is 443 g/mol. The topological polar surface area (TPSA) is 83.4 Å². The van der Waals surface area contributed by atoms with Crippen LogP contribution < -0.4 is 4.31 Å². The Morgan fingerprint density at radius 1 is 1.27 bits per heavy atom. The number of nitrogens with zero attached hydrogens (tertiary/aromatic N) is 3. The molecule has 2 aromatic rings. The molecule has 0 fully saturated rings. The van der Waals surface area contributed by atoms with Crippen molar-refractivity contribution in [2.24, 2.45) is 0 Å². The lowest BCUT2D eigenvalue weighted by molar-refractivity contribution is 0.159. The fraction of sp³-hybridized carbons (Fsp3) is 0.143. The third kappa shape index (κ3) is 3.09.